The van der Waals surface area contributed by atoms with Gasteiger partial charge < -0.3 is 4.74 Å². The first-order chi connectivity index (χ1) is 9.47. The summed E-state index contributed by atoms with van der Waals surface area (Å²) in [5, 5.41) is 10.9. The van der Waals surface area contributed by atoms with Crippen LogP contribution in [0.1, 0.15) is 16.7 Å². The fraction of sp³-hybridized carbons (Fsp3) is 0.200. The summed E-state index contributed by atoms with van der Waals surface area (Å²) < 4.78 is 6.75. The van der Waals surface area contributed by atoms with E-state index in [2.05, 4.69) is 15.9 Å². The minimum absolute atomic E-state index is 0.123. The number of hydrogen-bond acceptors (Lipinski definition) is 3. The third kappa shape index (κ3) is 3.36. The van der Waals surface area contributed by atoms with Crippen molar-refractivity contribution in [3.8, 4) is 5.75 Å². The predicted molar refractivity (Wildman–Crippen MR) is 81.0 cm³/mol. The van der Waals surface area contributed by atoms with Crippen LogP contribution in [0.15, 0.2) is 40.9 Å². The van der Waals surface area contributed by atoms with Crippen LogP contribution in [0.3, 0.4) is 0 Å². The molecule has 0 radical (unpaired) electrons. The number of rotatable bonds is 4. The zero-order valence-corrected chi connectivity index (χ0v) is 12.8. The smallest absolute Gasteiger partial charge is 0.272 e. The zero-order chi connectivity index (χ0) is 14.7. The van der Waals surface area contributed by atoms with Crippen molar-refractivity contribution in [3.63, 3.8) is 0 Å². The molecule has 2 aromatic carbocycles. The molecule has 0 aliphatic rings. The predicted octanol–water partition coefficient (Wildman–Crippen LogP) is 4.55. The summed E-state index contributed by atoms with van der Waals surface area (Å²) in [6, 6.07) is 11.1. The summed E-state index contributed by atoms with van der Waals surface area (Å²) in [7, 11) is 0. The van der Waals surface area contributed by atoms with Crippen molar-refractivity contribution in [1.29, 1.82) is 0 Å². The van der Waals surface area contributed by atoms with E-state index in [4.69, 9.17) is 4.74 Å². The second-order valence-electron chi connectivity index (χ2n) is 4.58. The number of hydrogen-bond donors (Lipinski definition) is 0. The Hall–Kier alpha value is -1.88. The molecule has 0 N–H and O–H groups in total. The molecule has 0 aromatic heterocycles. The second kappa shape index (κ2) is 6.05. The summed E-state index contributed by atoms with van der Waals surface area (Å²) >= 11 is 3.41. The molecule has 20 heavy (non-hydrogen) atoms. The van der Waals surface area contributed by atoms with E-state index in [0.29, 0.717) is 17.9 Å². The average molecular weight is 336 g/mol. The highest BCUT2D eigenvalue weighted by atomic mass is 79.9. The molecular formula is C15H14BrNO3. The molecule has 0 unspecified atom stereocenters. The molecule has 0 saturated heterocycles. The van der Waals surface area contributed by atoms with E-state index in [1.54, 1.807) is 19.1 Å². The molecule has 2 aromatic rings. The van der Waals surface area contributed by atoms with Gasteiger partial charge in [-0.15, -0.1) is 0 Å². The SMILES string of the molecule is Cc1cc([N+](=O)[O-])c(C)cc1OCc1cccc(Br)c1. The molecule has 2 rings (SSSR count). The summed E-state index contributed by atoms with van der Waals surface area (Å²) in [6.07, 6.45) is 0. The Morgan fingerprint density at radius 3 is 2.60 bits per heavy atom. The lowest BCUT2D eigenvalue weighted by molar-refractivity contribution is -0.385. The first kappa shape index (κ1) is 14.5. The van der Waals surface area contributed by atoms with Crippen molar-refractivity contribution in [2.24, 2.45) is 0 Å². The van der Waals surface area contributed by atoms with Crippen molar-refractivity contribution >= 4 is 21.6 Å². The maximum Gasteiger partial charge on any atom is 0.272 e. The van der Waals surface area contributed by atoms with E-state index < -0.39 is 0 Å². The minimum atomic E-state index is -0.375. The van der Waals surface area contributed by atoms with Crippen LogP contribution in [0.2, 0.25) is 0 Å². The third-order valence-electron chi connectivity index (χ3n) is 2.97. The van der Waals surface area contributed by atoms with Gasteiger partial charge in [-0.3, -0.25) is 10.1 Å². The van der Waals surface area contributed by atoms with Crippen LogP contribution < -0.4 is 4.74 Å². The second-order valence-corrected chi connectivity index (χ2v) is 5.50. The average Bonchev–Trinajstić information content (AvgIpc) is 2.39. The molecule has 0 spiro atoms. The Labute approximate surface area is 125 Å². The third-order valence-corrected chi connectivity index (χ3v) is 3.47. The molecule has 104 valence electrons. The van der Waals surface area contributed by atoms with Gasteiger partial charge in [-0.1, -0.05) is 28.1 Å². The lowest BCUT2D eigenvalue weighted by Crippen LogP contribution is -1.99. The Morgan fingerprint density at radius 1 is 1.20 bits per heavy atom. The largest absolute Gasteiger partial charge is 0.489 e. The Balaban J connectivity index is 2.18. The van der Waals surface area contributed by atoms with Gasteiger partial charge in [-0.2, -0.15) is 0 Å². The lowest BCUT2D eigenvalue weighted by atomic mass is 10.1. The van der Waals surface area contributed by atoms with Crippen LogP contribution in [0.4, 0.5) is 5.69 Å². The molecule has 0 aliphatic carbocycles. The van der Waals surface area contributed by atoms with Gasteiger partial charge >= 0.3 is 0 Å². The maximum absolute atomic E-state index is 10.9. The summed E-state index contributed by atoms with van der Waals surface area (Å²) in [5.74, 6) is 0.674. The number of nitro benzene ring substituents is 1. The van der Waals surface area contributed by atoms with E-state index in [1.807, 2.05) is 31.2 Å². The van der Waals surface area contributed by atoms with Crippen LogP contribution in [-0.2, 0) is 6.61 Å². The standard InChI is InChI=1S/C15H14BrNO3/c1-10-7-15(11(2)6-14(10)17(18)19)20-9-12-4-3-5-13(16)8-12/h3-8H,9H2,1-2H3. The van der Waals surface area contributed by atoms with Gasteiger partial charge in [0.25, 0.3) is 5.69 Å². The highest BCUT2D eigenvalue weighted by molar-refractivity contribution is 9.10. The normalized spacial score (nSPS) is 10.3. The Kier molecular flexibility index (Phi) is 4.39. The van der Waals surface area contributed by atoms with E-state index >= 15 is 0 Å². The van der Waals surface area contributed by atoms with Gasteiger partial charge in [0.15, 0.2) is 0 Å². The zero-order valence-electron chi connectivity index (χ0n) is 11.2. The fourth-order valence-corrected chi connectivity index (χ4v) is 2.36. The van der Waals surface area contributed by atoms with Crippen molar-refractivity contribution in [2.75, 3.05) is 0 Å². The van der Waals surface area contributed by atoms with Gasteiger partial charge in [-0.05, 0) is 43.2 Å². The van der Waals surface area contributed by atoms with Gasteiger partial charge in [0.05, 0.1) is 4.92 Å². The highest BCUT2D eigenvalue weighted by Gasteiger charge is 2.14. The van der Waals surface area contributed by atoms with Crippen LogP contribution in [0.5, 0.6) is 5.75 Å². The molecule has 4 nitrogen and oxygen atoms in total. The molecule has 0 aliphatic heterocycles. The van der Waals surface area contributed by atoms with Crippen LogP contribution in [0.25, 0.3) is 0 Å². The van der Waals surface area contributed by atoms with Crippen molar-refractivity contribution in [1.82, 2.24) is 0 Å². The summed E-state index contributed by atoms with van der Waals surface area (Å²) in [4.78, 5) is 10.5. The molecular weight excluding hydrogens is 322 g/mol. The Morgan fingerprint density at radius 2 is 1.95 bits per heavy atom. The van der Waals surface area contributed by atoms with E-state index in [9.17, 15) is 10.1 Å². The number of nitro groups is 1. The van der Waals surface area contributed by atoms with E-state index in [1.165, 1.54) is 0 Å². The van der Waals surface area contributed by atoms with Crippen molar-refractivity contribution < 1.29 is 9.66 Å². The molecule has 0 fully saturated rings. The van der Waals surface area contributed by atoms with E-state index in [0.717, 1.165) is 15.6 Å². The topological polar surface area (TPSA) is 52.4 Å². The monoisotopic (exact) mass is 335 g/mol. The lowest BCUT2D eigenvalue weighted by Gasteiger charge is -2.10. The Bertz CT molecular complexity index is 656. The van der Waals surface area contributed by atoms with Gasteiger partial charge in [0.2, 0.25) is 0 Å². The number of aryl methyl sites for hydroxylation is 2. The number of benzene rings is 2. The van der Waals surface area contributed by atoms with Crippen molar-refractivity contribution in [3.05, 3.63) is 67.7 Å². The highest BCUT2D eigenvalue weighted by Crippen LogP contribution is 2.28. The number of ether oxygens (including phenoxy) is 1. The number of halogens is 1. The van der Waals surface area contributed by atoms with Crippen LogP contribution in [0, 0.1) is 24.0 Å². The maximum atomic E-state index is 10.9. The van der Waals surface area contributed by atoms with Gasteiger partial charge in [0, 0.05) is 16.1 Å². The first-order valence-electron chi connectivity index (χ1n) is 6.10. The summed E-state index contributed by atoms with van der Waals surface area (Å²) in [5.41, 5.74) is 2.52. The fourth-order valence-electron chi connectivity index (χ4n) is 1.91. The van der Waals surface area contributed by atoms with Gasteiger partial charge in [0.1, 0.15) is 12.4 Å². The van der Waals surface area contributed by atoms with Crippen molar-refractivity contribution in [2.45, 2.75) is 20.5 Å². The van der Waals surface area contributed by atoms with E-state index in [-0.39, 0.29) is 10.6 Å². The summed E-state index contributed by atoms with van der Waals surface area (Å²) in [6.45, 7) is 3.95. The molecule has 5 heteroatoms. The van der Waals surface area contributed by atoms with Gasteiger partial charge in [-0.25, -0.2) is 0 Å². The first-order valence-corrected chi connectivity index (χ1v) is 6.89. The molecule has 0 atom stereocenters. The minimum Gasteiger partial charge on any atom is -0.489 e. The van der Waals surface area contributed by atoms with Crippen LogP contribution in [-0.4, -0.2) is 4.92 Å². The molecule has 0 bridgehead atoms. The quantitative estimate of drug-likeness (QED) is 0.608. The molecule has 0 amide bonds. The molecule has 0 saturated carbocycles. The van der Waals surface area contributed by atoms with Crippen LogP contribution >= 0.6 is 15.9 Å². The molecule has 0 heterocycles. The number of nitrogens with zero attached hydrogens (tertiary/aromatic N) is 1.